The Morgan fingerprint density at radius 2 is 2.17 bits per heavy atom. The summed E-state index contributed by atoms with van der Waals surface area (Å²) in [6.07, 6.45) is 0.730. The first-order valence-corrected chi connectivity index (χ1v) is 4.13. The van der Waals surface area contributed by atoms with Crippen LogP contribution in [0.25, 0.3) is 0 Å². The summed E-state index contributed by atoms with van der Waals surface area (Å²) < 4.78 is 15.2. The van der Waals surface area contributed by atoms with Gasteiger partial charge in [-0.05, 0) is 12.8 Å². The van der Waals surface area contributed by atoms with Crippen LogP contribution in [-0.2, 0) is 14.2 Å². The maximum atomic E-state index is 9.36. The maximum Gasteiger partial charge on any atom is 0.181 e. The molecule has 0 radical (unpaired) electrons. The number of rotatable bonds is 3. The molecule has 1 heterocycles. The van der Waals surface area contributed by atoms with Gasteiger partial charge in [-0.2, -0.15) is 0 Å². The highest BCUT2D eigenvalue weighted by atomic mass is 16.6. The van der Waals surface area contributed by atoms with Crippen LogP contribution in [-0.4, -0.2) is 44.4 Å². The molecular formula is C8H16O4. The van der Waals surface area contributed by atoms with Gasteiger partial charge >= 0.3 is 0 Å². The molecule has 1 rings (SSSR count). The van der Waals surface area contributed by atoms with E-state index in [1.54, 1.807) is 14.2 Å². The first-order chi connectivity index (χ1) is 5.77. The summed E-state index contributed by atoms with van der Waals surface area (Å²) in [5, 5.41) is 9.36. The molecule has 1 aliphatic heterocycles. The Kier molecular flexibility index (Phi) is 3.94. The molecule has 3 atom stereocenters. The molecule has 12 heavy (non-hydrogen) atoms. The van der Waals surface area contributed by atoms with Gasteiger partial charge in [0.05, 0.1) is 12.7 Å². The van der Waals surface area contributed by atoms with Crippen molar-refractivity contribution in [2.75, 3.05) is 20.8 Å². The fraction of sp³-hybridized carbons (Fsp3) is 1.00. The SMILES string of the molecule is COC[C@@H]1CC[C@@H](OC)[C@@H](O)O1. The van der Waals surface area contributed by atoms with Crippen LogP contribution >= 0.6 is 0 Å². The molecule has 0 unspecified atom stereocenters. The molecule has 1 aliphatic rings. The summed E-state index contributed by atoms with van der Waals surface area (Å²) in [6, 6.07) is 0. The van der Waals surface area contributed by atoms with E-state index < -0.39 is 6.29 Å². The van der Waals surface area contributed by atoms with E-state index in [-0.39, 0.29) is 12.2 Å². The van der Waals surface area contributed by atoms with Crippen molar-refractivity contribution < 1.29 is 19.3 Å². The average molecular weight is 176 g/mol. The molecule has 4 heteroatoms. The van der Waals surface area contributed by atoms with E-state index in [1.807, 2.05) is 0 Å². The smallest absolute Gasteiger partial charge is 0.181 e. The van der Waals surface area contributed by atoms with Gasteiger partial charge in [0.1, 0.15) is 6.10 Å². The van der Waals surface area contributed by atoms with Gasteiger partial charge in [-0.1, -0.05) is 0 Å². The summed E-state index contributed by atoms with van der Waals surface area (Å²) in [5.41, 5.74) is 0. The van der Waals surface area contributed by atoms with Crippen molar-refractivity contribution in [2.45, 2.75) is 31.3 Å². The van der Waals surface area contributed by atoms with Crippen LogP contribution in [0.15, 0.2) is 0 Å². The van der Waals surface area contributed by atoms with Gasteiger partial charge in [-0.15, -0.1) is 0 Å². The summed E-state index contributed by atoms with van der Waals surface area (Å²) >= 11 is 0. The Balaban J connectivity index is 2.30. The summed E-state index contributed by atoms with van der Waals surface area (Å²) in [7, 11) is 3.20. The zero-order chi connectivity index (χ0) is 8.97. The number of aliphatic hydroxyl groups excluding tert-OH is 1. The zero-order valence-electron chi connectivity index (χ0n) is 7.53. The van der Waals surface area contributed by atoms with Crippen LogP contribution in [0.3, 0.4) is 0 Å². The van der Waals surface area contributed by atoms with Gasteiger partial charge in [0.2, 0.25) is 0 Å². The lowest BCUT2D eigenvalue weighted by Gasteiger charge is -2.32. The van der Waals surface area contributed by atoms with E-state index >= 15 is 0 Å². The van der Waals surface area contributed by atoms with E-state index in [0.717, 1.165) is 12.8 Å². The number of aliphatic hydroxyl groups is 1. The van der Waals surface area contributed by atoms with Crippen LogP contribution in [0.2, 0.25) is 0 Å². The fourth-order valence-corrected chi connectivity index (χ4v) is 1.39. The highest BCUT2D eigenvalue weighted by Gasteiger charge is 2.29. The van der Waals surface area contributed by atoms with E-state index in [1.165, 1.54) is 0 Å². The van der Waals surface area contributed by atoms with Crippen LogP contribution in [0.1, 0.15) is 12.8 Å². The number of ether oxygens (including phenoxy) is 3. The lowest BCUT2D eigenvalue weighted by atomic mass is 10.1. The predicted octanol–water partition coefficient (Wildman–Crippen LogP) is 0.145. The Hall–Kier alpha value is -0.160. The third kappa shape index (κ3) is 2.42. The van der Waals surface area contributed by atoms with Crippen LogP contribution in [0, 0.1) is 0 Å². The summed E-state index contributed by atoms with van der Waals surface area (Å²) in [4.78, 5) is 0. The van der Waals surface area contributed by atoms with E-state index in [4.69, 9.17) is 14.2 Å². The second kappa shape index (κ2) is 4.77. The fourth-order valence-electron chi connectivity index (χ4n) is 1.39. The van der Waals surface area contributed by atoms with Crippen molar-refractivity contribution in [3.8, 4) is 0 Å². The highest BCUT2D eigenvalue weighted by molar-refractivity contribution is 4.72. The lowest BCUT2D eigenvalue weighted by molar-refractivity contribution is -0.229. The third-order valence-corrected chi connectivity index (χ3v) is 2.08. The summed E-state index contributed by atoms with van der Waals surface area (Å²) in [5.74, 6) is 0. The zero-order valence-corrected chi connectivity index (χ0v) is 7.53. The van der Waals surface area contributed by atoms with Crippen LogP contribution < -0.4 is 0 Å². The first kappa shape index (κ1) is 9.92. The Morgan fingerprint density at radius 3 is 2.67 bits per heavy atom. The summed E-state index contributed by atoms with van der Waals surface area (Å²) in [6.45, 7) is 0.535. The van der Waals surface area contributed by atoms with Gasteiger partial charge in [-0.25, -0.2) is 0 Å². The first-order valence-electron chi connectivity index (χ1n) is 4.13. The van der Waals surface area contributed by atoms with Crippen molar-refractivity contribution in [2.24, 2.45) is 0 Å². The minimum Gasteiger partial charge on any atom is -0.382 e. The molecule has 0 spiro atoms. The Bertz CT molecular complexity index is 128. The molecule has 72 valence electrons. The number of hydrogen-bond acceptors (Lipinski definition) is 4. The topological polar surface area (TPSA) is 47.9 Å². The molecule has 0 bridgehead atoms. The monoisotopic (exact) mass is 176 g/mol. The highest BCUT2D eigenvalue weighted by Crippen LogP contribution is 2.20. The molecule has 1 saturated heterocycles. The van der Waals surface area contributed by atoms with Crippen molar-refractivity contribution >= 4 is 0 Å². The van der Waals surface area contributed by atoms with Crippen LogP contribution in [0.5, 0.6) is 0 Å². The minimum atomic E-state index is -0.802. The van der Waals surface area contributed by atoms with Gasteiger partial charge in [0.15, 0.2) is 6.29 Å². The van der Waals surface area contributed by atoms with E-state index in [0.29, 0.717) is 6.61 Å². The Labute approximate surface area is 72.4 Å². The molecule has 0 aromatic rings. The second-order valence-corrected chi connectivity index (χ2v) is 2.96. The minimum absolute atomic E-state index is 0.0106. The second-order valence-electron chi connectivity index (χ2n) is 2.96. The molecule has 1 fully saturated rings. The lowest BCUT2D eigenvalue weighted by Crippen LogP contribution is -2.41. The number of methoxy groups -OCH3 is 2. The Morgan fingerprint density at radius 1 is 1.42 bits per heavy atom. The van der Waals surface area contributed by atoms with Crippen molar-refractivity contribution in [1.29, 1.82) is 0 Å². The molecule has 0 amide bonds. The van der Waals surface area contributed by atoms with Crippen molar-refractivity contribution in [1.82, 2.24) is 0 Å². The van der Waals surface area contributed by atoms with E-state index in [9.17, 15) is 5.11 Å². The molecule has 0 aliphatic carbocycles. The third-order valence-electron chi connectivity index (χ3n) is 2.08. The quantitative estimate of drug-likeness (QED) is 0.664. The van der Waals surface area contributed by atoms with Gasteiger partial charge in [-0.3, -0.25) is 0 Å². The molecule has 0 aromatic heterocycles. The van der Waals surface area contributed by atoms with Gasteiger partial charge < -0.3 is 19.3 Å². The standard InChI is InChI=1S/C8H16O4/c1-10-5-6-3-4-7(11-2)8(9)12-6/h6-9H,3-5H2,1-2H3/t6-,7+,8-/m0/s1. The van der Waals surface area contributed by atoms with Crippen molar-refractivity contribution in [3.05, 3.63) is 0 Å². The molecule has 0 saturated carbocycles. The van der Waals surface area contributed by atoms with Gasteiger partial charge in [0.25, 0.3) is 0 Å². The molecule has 1 N–H and O–H groups in total. The normalized spacial score (nSPS) is 36.8. The van der Waals surface area contributed by atoms with Crippen molar-refractivity contribution in [3.63, 3.8) is 0 Å². The molecule has 0 aromatic carbocycles. The largest absolute Gasteiger partial charge is 0.382 e. The maximum absolute atomic E-state index is 9.36. The van der Waals surface area contributed by atoms with Crippen LogP contribution in [0.4, 0.5) is 0 Å². The average Bonchev–Trinajstić information content (AvgIpc) is 2.05. The number of hydrogen-bond donors (Lipinski definition) is 1. The van der Waals surface area contributed by atoms with E-state index in [2.05, 4.69) is 0 Å². The van der Waals surface area contributed by atoms with Gasteiger partial charge in [0, 0.05) is 14.2 Å². The predicted molar refractivity (Wildman–Crippen MR) is 42.8 cm³/mol. The molecular weight excluding hydrogens is 160 g/mol. The molecule has 4 nitrogen and oxygen atoms in total.